The lowest BCUT2D eigenvalue weighted by Gasteiger charge is -2.02. The topological polar surface area (TPSA) is 40.5 Å². The number of unbranched alkanes of at least 4 members (excludes halogenated alkanes) is 28. The van der Waals surface area contributed by atoms with Gasteiger partial charge < -0.3 is 10.2 Å². The van der Waals surface area contributed by atoms with E-state index < -0.39 is 0 Å². The molecule has 0 atom stereocenters. The van der Waals surface area contributed by atoms with Crippen LogP contribution in [-0.4, -0.2) is 23.4 Å². The molecular formula is C34H72O2. The maximum Gasteiger partial charge on any atom is 0.0431 e. The highest BCUT2D eigenvalue weighted by molar-refractivity contribution is 4.50. The molecule has 2 heteroatoms. The van der Waals surface area contributed by atoms with E-state index in [-0.39, 0.29) is 0 Å². The normalized spacial score (nSPS) is 11.0. The first-order valence-electron chi connectivity index (χ1n) is 17.0. The van der Waals surface area contributed by atoms with Gasteiger partial charge in [0.1, 0.15) is 0 Å². The fourth-order valence-electron chi connectivity index (χ4n) is 4.97. The van der Waals surface area contributed by atoms with Crippen molar-refractivity contribution in [2.75, 3.05) is 13.2 Å². The average molecular weight is 513 g/mol. The van der Waals surface area contributed by atoms with Crippen molar-refractivity contribution in [3.05, 3.63) is 0 Å². The van der Waals surface area contributed by atoms with E-state index in [9.17, 15) is 0 Å². The van der Waals surface area contributed by atoms with Crippen molar-refractivity contribution < 1.29 is 10.2 Å². The fourth-order valence-corrected chi connectivity index (χ4v) is 4.97. The zero-order valence-corrected chi connectivity index (χ0v) is 25.5. The minimum Gasteiger partial charge on any atom is -0.396 e. The van der Waals surface area contributed by atoms with Gasteiger partial charge >= 0.3 is 0 Å². The van der Waals surface area contributed by atoms with Crippen LogP contribution in [-0.2, 0) is 0 Å². The van der Waals surface area contributed by atoms with Crippen LogP contribution in [0.4, 0.5) is 0 Å². The van der Waals surface area contributed by atoms with Crippen LogP contribution in [0.5, 0.6) is 0 Å². The van der Waals surface area contributed by atoms with Gasteiger partial charge in [-0.25, -0.2) is 0 Å². The molecule has 0 saturated carbocycles. The molecule has 0 aromatic heterocycles. The molecule has 0 unspecified atom stereocenters. The van der Waals surface area contributed by atoms with E-state index in [0.29, 0.717) is 13.2 Å². The van der Waals surface area contributed by atoms with Gasteiger partial charge in [0.25, 0.3) is 0 Å². The van der Waals surface area contributed by atoms with Crippen molar-refractivity contribution in [3.63, 3.8) is 0 Å². The molecule has 0 amide bonds. The van der Waals surface area contributed by atoms with Gasteiger partial charge in [-0.3, -0.25) is 0 Å². The van der Waals surface area contributed by atoms with Crippen LogP contribution in [0.3, 0.4) is 0 Å². The minimum absolute atomic E-state index is 0.373. The van der Waals surface area contributed by atoms with Crippen LogP contribution in [0.2, 0.25) is 0 Å². The molecule has 0 saturated heterocycles. The van der Waals surface area contributed by atoms with Gasteiger partial charge in [-0.1, -0.05) is 194 Å². The largest absolute Gasteiger partial charge is 0.396 e. The van der Waals surface area contributed by atoms with Gasteiger partial charge in [-0.2, -0.15) is 0 Å². The summed E-state index contributed by atoms with van der Waals surface area (Å²) in [6.45, 7) is 5.31. The Morgan fingerprint density at radius 3 is 0.500 bits per heavy atom. The van der Waals surface area contributed by atoms with E-state index in [0.717, 1.165) is 12.8 Å². The molecule has 0 aromatic carbocycles. The zero-order valence-electron chi connectivity index (χ0n) is 25.5. The van der Waals surface area contributed by atoms with Gasteiger partial charge in [0.15, 0.2) is 0 Å². The lowest BCUT2D eigenvalue weighted by Crippen LogP contribution is -1.85. The second kappa shape index (κ2) is 39.4. The number of rotatable bonds is 30. The van der Waals surface area contributed by atoms with Crippen LogP contribution in [0.15, 0.2) is 0 Å². The Balaban J connectivity index is 0. The van der Waals surface area contributed by atoms with E-state index in [1.807, 2.05) is 0 Å². The second-order valence-electron chi connectivity index (χ2n) is 11.3. The van der Waals surface area contributed by atoms with E-state index in [1.54, 1.807) is 0 Å². The van der Waals surface area contributed by atoms with Crippen molar-refractivity contribution in [1.82, 2.24) is 0 Å². The summed E-state index contributed by atoms with van der Waals surface area (Å²) in [5.41, 5.74) is 0. The summed E-state index contributed by atoms with van der Waals surface area (Å²) in [7, 11) is 0. The summed E-state index contributed by atoms with van der Waals surface area (Å²) < 4.78 is 0. The van der Waals surface area contributed by atoms with Crippen LogP contribution in [0.25, 0.3) is 0 Å². The summed E-state index contributed by atoms with van der Waals surface area (Å²) in [5, 5.41) is 17.3. The van der Waals surface area contributed by atoms with E-state index in [2.05, 4.69) is 13.8 Å². The smallest absolute Gasteiger partial charge is 0.0431 e. The average Bonchev–Trinajstić information content (AvgIpc) is 2.89. The highest BCUT2D eigenvalue weighted by atomic mass is 16.3. The van der Waals surface area contributed by atoms with Gasteiger partial charge in [-0.05, 0) is 12.8 Å². The third-order valence-electron chi connectivity index (χ3n) is 7.52. The Hall–Kier alpha value is -0.0800. The molecule has 2 N–H and O–H groups in total. The predicted octanol–water partition coefficient (Wildman–Crippen LogP) is 11.7. The van der Waals surface area contributed by atoms with Crippen LogP contribution in [0.1, 0.15) is 206 Å². The van der Waals surface area contributed by atoms with Crippen LogP contribution < -0.4 is 0 Å². The molecule has 2 nitrogen and oxygen atoms in total. The molecule has 220 valence electrons. The van der Waals surface area contributed by atoms with Crippen molar-refractivity contribution in [3.8, 4) is 0 Å². The fraction of sp³-hybridized carbons (Fsp3) is 1.00. The van der Waals surface area contributed by atoms with Crippen molar-refractivity contribution in [2.24, 2.45) is 0 Å². The third kappa shape index (κ3) is 41.1. The van der Waals surface area contributed by atoms with Crippen LogP contribution >= 0.6 is 0 Å². The standard InChI is InChI=1S/2C17H36O/c2*1-2-3-4-5-6-7-8-9-10-11-12-13-14-15-16-17-18/h2*18H,2-17H2,1H3. The van der Waals surface area contributed by atoms with Crippen molar-refractivity contribution in [2.45, 2.75) is 206 Å². The summed E-state index contributed by atoms with van der Waals surface area (Å²) in [6.07, 6.45) is 41.4. The van der Waals surface area contributed by atoms with Crippen molar-refractivity contribution >= 4 is 0 Å². The van der Waals surface area contributed by atoms with Gasteiger partial charge in [-0.15, -0.1) is 0 Å². The maximum absolute atomic E-state index is 8.66. The molecule has 0 rings (SSSR count). The lowest BCUT2D eigenvalue weighted by molar-refractivity contribution is 0.282. The monoisotopic (exact) mass is 513 g/mol. The SMILES string of the molecule is CCCCCCCCCCCCCCCCCO.CCCCCCCCCCCCCCCCCO. The quantitative estimate of drug-likeness (QED) is 0.0939. The number of hydrogen-bond donors (Lipinski definition) is 2. The molecule has 0 heterocycles. The highest BCUT2D eigenvalue weighted by Gasteiger charge is 1.95. The molecule has 36 heavy (non-hydrogen) atoms. The summed E-state index contributed by atoms with van der Waals surface area (Å²) >= 11 is 0. The molecule has 0 fully saturated rings. The van der Waals surface area contributed by atoms with Gasteiger partial charge in [0, 0.05) is 13.2 Å². The van der Waals surface area contributed by atoms with E-state index >= 15 is 0 Å². The highest BCUT2D eigenvalue weighted by Crippen LogP contribution is 2.14. The van der Waals surface area contributed by atoms with E-state index in [1.165, 1.54) is 180 Å². The van der Waals surface area contributed by atoms with E-state index in [4.69, 9.17) is 10.2 Å². The molecular weight excluding hydrogens is 440 g/mol. The molecule has 0 aliphatic carbocycles. The Kier molecular flexibility index (Phi) is 41.7. The molecule has 0 radical (unpaired) electrons. The Bertz CT molecular complexity index is 267. The zero-order chi connectivity index (χ0) is 26.6. The molecule has 0 aliphatic heterocycles. The number of aliphatic hydroxyl groups is 2. The number of hydrogen-bond acceptors (Lipinski definition) is 2. The maximum atomic E-state index is 8.66. The van der Waals surface area contributed by atoms with Crippen LogP contribution in [0, 0.1) is 0 Å². The molecule has 0 spiro atoms. The Morgan fingerprint density at radius 2 is 0.361 bits per heavy atom. The molecule has 0 aliphatic rings. The first-order chi connectivity index (χ1) is 17.8. The summed E-state index contributed by atoms with van der Waals surface area (Å²) in [6, 6.07) is 0. The Morgan fingerprint density at radius 1 is 0.222 bits per heavy atom. The lowest BCUT2D eigenvalue weighted by atomic mass is 10.0. The number of aliphatic hydroxyl groups excluding tert-OH is 2. The Labute approximate surface area is 229 Å². The summed E-state index contributed by atoms with van der Waals surface area (Å²) in [4.78, 5) is 0. The first kappa shape index (κ1) is 38.1. The molecule has 0 bridgehead atoms. The second-order valence-corrected chi connectivity index (χ2v) is 11.3. The molecule has 0 aromatic rings. The first-order valence-corrected chi connectivity index (χ1v) is 17.0. The predicted molar refractivity (Wildman–Crippen MR) is 164 cm³/mol. The minimum atomic E-state index is 0.373. The van der Waals surface area contributed by atoms with Gasteiger partial charge in [0.2, 0.25) is 0 Å². The van der Waals surface area contributed by atoms with Gasteiger partial charge in [0.05, 0.1) is 0 Å². The third-order valence-corrected chi connectivity index (χ3v) is 7.52. The van der Waals surface area contributed by atoms with Crippen molar-refractivity contribution in [1.29, 1.82) is 0 Å². The summed E-state index contributed by atoms with van der Waals surface area (Å²) in [5.74, 6) is 0.